The van der Waals surface area contributed by atoms with Crippen LogP contribution >= 0.6 is 22.6 Å². The topological polar surface area (TPSA) is 43.6 Å². The molecule has 0 aliphatic heterocycles. The van der Waals surface area contributed by atoms with Gasteiger partial charge in [0.05, 0.1) is 18.2 Å². The second-order valence-corrected chi connectivity index (χ2v) is 3.73. The molecule has 0 aliphatic rings. The van der Waals surface area contributed by atoms with Crippen molar-refractivity contribution in [1.29, 1.82) is 0 Å². The molecule has 0 fully saturated rings. The van der Waals surface area contributed by atoms with Crippen LogP contribution in [0, 0.1) is 3.70 Å². The zero-order valence-electron chi connectivity index (χ0n) is 7.40. The van der Waals surface area contributed by atoms with Crippen LogP contribution in [-0.4, -0.2) is 22.5 Å². The predicted octanol–water partition coefficient (Wildman–Crippen LogP) is 1.73. The minimum Gasteiger partial charge on any atom is -0.465 e. The zero-order chi connectivity index (χ0) is 10.1. The molecule has 0 aromatic carbocycles. The fourth-order valence-electron chi connectivity index (χ4n) is 1.29. The summed E-state index contributed by atoms with van der Waals surface area (Å²) in [6.07, 6.45) is 3.51. The molecule has 2 heterocycles. The molecule has 72 valence electrons. The molecule has 0 aliphatic carbocycles. The molecule has 0 amide bonds. The van der Waals surface area contributed by atoms with Crippen LogP contribution in [0.5, 0.6) is 0 Å². The molecule has 2 rings (SSSR count). The minimum absolute atomic E-state index is 0.339. The van der Waals surface area contributed by atoms with E-state index in [4.69, 9.17) is 0 Å². The summed E-state index contributed by atoms with van der Waals surface area (Å²) in [5.41, 5.74) is 1.33. The van der Waals surface area contributed by atoms with Crippen LogP contribution in [0.3, 0.4) is 0 Å². The van der Waals surface area contributed by atoms with Gasteiger partial charge in [0.25, 0.3) is 0 Å². The quantitative estimate of drug-likeness (QED) is 0.595. The number of pyridine rings is 1. The number of aromatic nitrogens is 2. The third-order valence-electron chi connectivity index (χ3n) is 1.92. The van der Waals surface area contributed by atoms with E-state index in [9.17, 15) is 4.79 Å². The number of imidazole rings is 1. The third-order valence-corrected chi connectivity index (χ3v) is 2.71. The molecular weight excluding hydrogens is 295 g/mol. The number of esters is 1. The van der Waals surface area contributed by atoms with Crippen LogP contribution in [0.25, 0.3) is 5.52 Å². The number of methoxy groups -OCH3 is 1. The summed E-state index contributed by atoms with van der Waals surface area (Å²) in [6, 6.07) is 3.52. The minimum atomic E-state index is -0.339. The summed E-state index contributed by atoms with van der Waals surface area (Å²) in [5.74, 6) is -0.339. The van der Waals surface area contributed by atoms with E-state index in [0.717, 1.165) is 9.22 Å². The smallest absolute Gasteiger partial charge is 0.340 e. The van der Waals surface area contributed by atoms with Crippen molar-refractivity contribution in [2.45, 2.75) is 0 Å². The molecule has 0 saturated heterocycles. The molecule has 2 aromatic rings. The molecule has 0 unspecified atom stereocenters. The molecule has 4 nitrogen and oxygen atoms in total. The van der Waals surface area contributed by atoms with Gasteiger partial charge in [-0.15, -0.1) is 0 Å². The molecule has 0 spiro atoms. The van der Waals surface area contributed by atoms with Gasteiger partial charge in [0.2, 0.25) is 0 Å². The van der Waals surface area contributed by atoms with Crippen LogP contribution in [0.1, 0.15) is 10.4 Å². The van der Waals surface area contributed by atoms with E-state index in [1.807, 2.05) is 6.20 Å². The summed E-state index contributed by atoms with van der Waals surface area (Å²) < 4.78 is 7.28. The van der Waals surface area contributed by atoms with E-state index in [2.05, 4.69) is 32.3 Å². The van der Waals surface area contributed by atoms with Crippen LogP contribution < -0.4 is 0 Å². The van der Waals surface area contributed by atoms with E-state index < -0.39 is 0 Å². The number of carbonyl (C=O) groups excluding carboxylic acids is 1. The average Bonchev–Trinajstić information content (AvgIpc) is 2.59. The number of carbonyl (C=O) groups is 1. The maximum absolute atomic E-state index is 11.4. The highest BCUT2D eigenvalue weighted by Crippen LogP contribution is 2.17. The number of ether oxygens (including phenoxy) is 1. The molecule has 0 bridgehead atoms. The van der Waals surface area contributed by atoms with Crippen molar-refractivity contribution in [2.75, 3.05) is 7.11 Å². The van der Waals surface area contributed by atoms with Crippen molar-refractivity contribution in [3.63, 3.8) is 0 Å². The Morgan fingerprint density at radius 3 is 3.14 bits per heavy atom. The summed E-state index contributed by atoms with van der Waals surface area (Å²) >= 11 is 2.09. The van der Waals surface area contributed by atoms with Gasteiger partial charge in [-0.25, -0.2) is 9.78 Å². The average molecular weight is 302 g/mol. The predicted molar refractivity (Wildman–Crippen MR) is 59.2 cm³/mol. The van der Waals surface area contributed by atoms with Crippen LogP contribution in [-0.2, 0) is 4.74 Å². The van der Waals surface area contributed by atoms with Crippen molar-refractivity contribution in [3.05, 3.63) is 33.9 Å². The Kier molecular flexibility index (Phi) is 2.40. The molecule has 5 heteroatoms. The van der Waals surface area contributed by atoms with Gasteiger partial charge in [0.1, 0.15) is 10.0 Å². The van der Waals surface area contributed by atoms with E-state index in [1.54, 1.807) is 22.9 Å². The number of hydrogen-bond acceptors (Lipinski definition) is 3. The molecule has 0 saturated carbocycles. The fourth-order valence-corrected chi connectivity index (χ4v) is 1.98. The SMILES string of the molecule is COC(=O)c1cccn2cnc(I)c12. The molecular formula is C9H7IN2O2. The first-order chi connectivity index (χ1) is 6.74. The van der Waals surface area contributed by atoms with Crippen LogP contribution in [0.2, 0.25) is 0 Å². The Hall–Kier alpha value is -1.11. The maximum atomic E-state index is 11.4. The lowest BCUT2D eigenvalue weighted by atomic mass is 10.2. The molecule has 2 aromatic heterocycles. The number of nitrogens with zero attached hydrogens (tertiary/aromatic N) is 2. The van der Waals surface area contributed by atoms with Gasteiger partial charge in [0, 0.05) is 6.20 Å². The Labute approximate surface area is 94.0 Å². The first-order valence-electron chi connectivity index (χ1n) is 3.93. The Morgan fingerprint density at radius 1 is 1.64 bits per heavy atom. The molecule has 0 radical (unpaired) electrons. The van der Waals surface area contributed by atoms with E-state index in [-0.39, 0.29) is 5.97 Å². The first kappa shape index (κ1) is 9.45. The lowest BCUT2D eigenvalue weighted by Crippen LogP contribution is -2.03. The number of rotatable bonds is 1. The van der Waals surface area contributed by atoms with Crippen molar-refractivity contribution < 1.29 is 9.53 Å². The Morgan fingerprint density at radius 2 is 2.43 bits per heavy atom. The summed E-state index contributed by atoms with van der Waals surface area (Å²) in [5, 5.41) is 0. The van der Waals surface area contributed by atoms with Crippen molar-refractivity contribution in [3.8, 4) is 0 Å². The highest BCUT2D eigenvalue weighted by molar-refractivity contribution is 14.1. The van der Waals surface area contributed by atoms with Gasteiger partial charge in [0.15, 0.2) is 0 Å². The lowest BCUT2D eigenvalue weighted by molar-refractivity contribution is 0.0602. The molecule has 0 N–H and O–H groups in total. The largest absolute Gasteiger partial charge is 0.465 e. The highest BCUT2D eigenvalue weighted by atomic mass is 127. The van der Waals surface area contributed by atoms with E-state index in [0.29, 0.717) is 5.56 Å². The van der Waals surface area contributed by atoms with Crippen molar-refractivity contribution >= 4 is 34.1 Å². The van der Waals surface area contributed by atoms with Crippen LogP contribution in [0.4, 0.5) is 0 Å². The van der Waals surface area contributed by atoms with Gasteiger partial charge < -0.3 is 9.14 Å². The highest BCUT2D eigenvalue weighted by Gasteiger charge is 2.13. The van der Waals surface area contributed by atoms with Crippen molar-refractivity contribution in [1.82, 2.24) is 9.38 Å². The zero-order valence-corrected chi connectivity index (χ0v) is 9.56. The molecule has 0 atom stereocenters. The van der Waals surface area contributed by atoms with E-state index in [1.165, 1.54) is 7.11 Å². The van der Waals surface area contributed by atoms with E-state index >= 15 is 0 Å². The lowest BCUT2D eigenvalue weighted by Gasteiger charge is -2.01. The second-order valence-electron chi connectivity index (χ2n) is 2.70. The van der Waals surface area contributed by atoms with Crippen molar-refractivity contribution in [2.24, 2.45) is 0 Å². The monoisotopic (exact) mass is 302 g/mol. The maximum Gasteiger partial charge on any atom is 0.340 e. The third kappa shape index (κ3) is 1.37. The standard InChI is InChI=1S/C9H7IN2O2/c1-14-9(13)6-3-2-4-12-5-11-8(10)7(6)12/h2-5H,1H3. The van der Waals surface area contributed by atoms with Gasteiger partial charge in [-0.1, -0.05) is 0 Å². The summed E-state index contributed by atoms with van der Waals surface area (Å²) in [6.45, 7) is 0. The summed E-state index contributed by atoms with van der Waals surface area (Å²) in [4.78, 5) is 15.5. The second kappa shape index (κ2) is 3.56. The van der Waals surface area contributed by atoms with Gasteiger partial charge in [-0.3, -0.25) is 0 Å². The number of halogens is 1. The first-order valence-corrected chi connectivity index (χ1v) is 5.01. The molecule has 14 heavy (non-hydrogen) atoms. The van der Waals surface area contributed by atoms with Gasteiger partial charge >= 0.3 is 5.97 Å². The number of fused-ring (bicyclic) bond motifs is 1. The normalized spacial score (nSPS) is 10.4. The Bertz CT molecular complexity index is 493. The van der Waals surface area contributed by atoms with Crippen LogP contribution in [0.15, 0.2) is 24.7 Å². The Balaban J connectivity index is 2.75. The summed E-state index contributed by atoms with van der Waals surface area (Å²) in [7, 11) is 1.37. The number of hydrogen-bond donors (Lipinski definition) is 0. The van der Waals surface area contributed by atoms with Gasteiger partial charge in [-0.2, -0.15) is 0 Å². The van der Waals surface area contributed by atoms with Gasteiger partial charge in [-0.05, 0) is 34.7 Å². The fraction of sp³-hybridized carbons (Fsp3) is 0.111.